The Bertz CT molecular complexity index is 470. The van der Waals surface area contributed by atoms with Crippen LogP contribution in [0.3, 0.4) is 0 Å². The van der Waals surface area contributed by atoms with E-state index in [1.54, 1.807) is 0 Å². The van der Waals surface area contributed by atoms with Gasteiger partial charge in [0.05, 0.1) is 4.92 Å². The third kappa shape index (κ3) is 3.47. The van der Waals surface area contributed by atoms with Crippen molar-refractivity contribution in [2.75, 3.05) is 0 Å². The third-order valence-corrected chi connectivity index (χ3v) is 2.43. The van der Waals surface area contributed by atoms with E-state index in [0.29, 0.717) is 0 Å². The Morgan fingerprint density at radius 1 is 1.44 bits per heavy atom. The van der Waals surface area contributed by atoms with Gasteiger partial charge in [-0.1, -0.05) is 15.9 Å². The Balaban J connectivity index is 0.00000289. The largest absolute Gasteiger partial charge is 0.502 e. The fraction of sp³-hybridized carbons (Fsp3) is 0.250. The number of hydrogen-bond acceptors (Lipinski definition) is 4. The molecule has 1 atom stereocenters. The average Bonchev–Trinajstić information content (AvgIpc) is 2.18. The molecule has 0 aliphatic rings. The molecule has 0 aliphatic heterocycles. The minimum absolute atomic E-state index is 0. The number of phenols is 1. The summed E-state index contributed by atoms with van der Waals surface area (Å²) < 4.78 is 37.1. The molecule has 0 bridgehead atoms. The number of benzene rings is 1. The molecule has 102 valence electrons. The lowest BCUT2D eigenvalue weighted by Gasteiger charge is -2.17. The van der Waals surface area contributed by atoms with Crippen molar-refractivity contribution in [1.29, 1.82) is 0 Å². The maximum atomic E-state index is 12.4. The number of phenolic OH excluding ortho intramolecular Hbond substituents is 1. The Morgan fingerprint density at radius 3 is 2.33 bits per heavy atom. The first-order valence-corrected chi connectivity index (χ1v) is 4.93. The van der Waals surface area contributed by atoms with Crippen LogP contribution in [-0.4, -0.2) is 16.2 Å². The molecule has 0 saturated carbocycles. The van der Waals surface area contributed by atoms with Gasteiger partial charge in [-0.2, -0.15) is 13.2 Å². The van der Waals surface area contributed by atoms with Crippen LogP contribution >= 0.6 is 28.3 Å². The summed E-state index contributed by atoms with van der Waals surface area (Å²) in [5.41, 5.74) is 3.29. The first-order chi connectivity index (χ1) is 7.64. The van der Waals surface area contributed by atoms with Crippen LogP contribution in [0.25, 0.3) is 0 Å². The SMILES string of the molecule is Cl.N[C@H](c1cc(Br)cc([N+](=O)[O-])c1O)C(F)(F)F. The Labute approximate surface area is 113 Å². The molecule has 0 unspecified atom stereocenters. The van der Waals surface area contributed by atoms with E-state index < -0.39 is 34.1 Å². The van der Waals surface area contributed by atoms with E-state index in [2.05, 4.69) is 15.9 Å². The zero-order chi connectivity index (χ0) is 13.4. The summed E-state index contributed by atoms with van der Waals surface area (Å²) in [5, 5.41) is 19.9. The van der Waals surface area contributed by atoms with Crippen LogP contribution in [0.1, 0.15) is 11.6 Å². The number of alkyl halides is 3. The summed E-state index contributed by atoms with van der Waals surface area (Å²) >= 11 is 2.81. The number of aromatic hydroxyl groups is 1. The Morgan fingerprint density at radius 2 is 1.94 bits per heavy atom. The van der Waals surface area contributed by atoms with Gasteiger partial charge in [-0.25, -0.2) is 0 Å². The first-order valence-electron chi connectivity index (χ1n) is 4.13. The van der Waals surface area contributed by atoms with Gasteiger partial charge in [0.1, 0.15) is 6.04 Å². The molecular formula is C8H7BrClF3N2O3. The van der Waals surface area contributed by atoms with Gasteiger partial charge >= 0.3 is 11.9 Å². The smallest absolute Gasteiger partial charge is 0.407 e. The molecule has 0 saturated heterocycles. The summed E-state index contributed by atoms with van der Waals surface area (Å²) in [4.78, 5) is 9.51. The summed E-state index contributed by atoms with van der Waals surface area (Å²) in [6.07, 6.45) is -4.80. The van der Waals surface area contributed by atoms with Gasteiger partial charge in [0.25, 0.3) is 0 Å². The van der Waals surface area contributed by atoms with E-state index in [1.807, 2.05) is 0 Å². The molecule has 0 aliphatic carbocycles. The minimum atomic E-state index is -4.80. The summed E-state index contributed by atoms with van der Waals surface area (Å²) in [6.45, 7) is 0. The second kappa shape index (κ2) is 5.72. The molecule has 3 N–H and O–H groups in total. The molecule has 10 heteroatoms. The van der Waals surface area contributed by atoms with E-state index in [4.69, 9.17) is 5.73 Å². The molecule has 0 aromatic heterocycles. The summed E-state index contributed by atoms with van der Waals surface area (Å²) in [7, 11) is 0. The van der Waals surface area contributed by atoms with Crippen molar-refractivity contribution >= 4 is 34.0 Å². The highest BCUT2D eigenvalue weighted by molar-refractivity contribution is 9.10. The number of nitrogens with zero attached hydrogens (tertiary/aromatic N) is 1. The number of rotatable bonds is 2. The summed E-state index contributed by atoms with van der Waals surface area (Å²) in [6, 6.07) is -0.707. The van der Waals surface area contributed by atoms with Crippen molar-refractivity contribution in [3.63, 3.8) is 0 Å². The van der Waals surface area contributed by atoms with Gasteiger partial charge in [0.15, 0.2) is 5.75 Å². The number of nitro benzene ring substituents is 1. The molecule has 0 heterocycles. The molecule has 1 aromatic rings. The maximum Gasteiger partial charge on any atom is 0.407 e. The minimum Gasteiger partial charge on any atom is -0.502 e. The zero-order valence-corrected chi connectivity index (χ0v) is 10.8. The van der Waals surface area contributed by atoms with Crippen LogP contribution in [-0.2, 0) is 0 Å². The van der Waals surface area contributed by atoms with Crippen LogP contribution in [0.4, 0.5) is 18.9 Å². The fourth-order valence-corrected chi connectivity index (χ4v) is 1.62. The Kier molecular flexibility index (Phi) is 5.38. The van der Waals surface area contributed by atoms with E-state index in [0.717, 1.165) is 12.1 Å². The third-order valence-electron chi connectivity index (χ3n) is 1.97. The Hall–Kier alpha value is -1.06. The van der Waals surface area contributed by atoms with Crippen LogP contribution in [0.15, 0.2) is 16.6 Å². The molecule has 0 radical (unpaired) electrons. The predicted octanol–water partition coefficient (Wildman–Crippen LogP) is 3.05. The number of halogens is 5. The number of nitrogens with two attached hydrogens (primary N) is 1. The molecular weight excluding hydrogens is 344 g/mol. The normalized spacial score (nSPS) is 12.7. The molecule has 0 amide bonds. The monoisotopic (exact) mass is 350 g/mol. The van der Waals surface area contributed by atoms with Gasteiger partial charge in [-0.15, -0.1) is 12.4 Å². The van der Waals surface area contributed by atoms with Crippen LogP contribution in [0.5, 0.6) is 5.75 Å². The number of hydrogen-bond donors (Lipinski definition) is 2. The first kappa shape index (κ1) is 16.9. The molecule has 0 fully saturated rings. The van der Waals surface area contributed by atoms with Crippen molar-refractivity contribution in [1.82, 2.24) is 0 Å². The lowest BCUT2D eigenvalue weighted by atomic mass is 10.1. The van der Waals surface area contributed by atoms with Gasteiger partial charge in [0, 0.05) is 16.1 Å². The molecule has 1 rings (SSSR count). The maximum absolute atomic E-state index is 12.4. The topological polar surface area (TPSA) is 89.4 Å². The quantitative estimate of drug-likeness (QED) is 0.633. The van der Waals surface area contributed by atoms with E-state index >= 15 is 0 Å². The second-order valence-corrected chi connectivity index (χ2v) is 4.05. The van der Waals surface area contributed by atoms with Crippen molar-refractivity contribution < 1.29 is 23.2 Å². The van der Waals surface area contributed by atoms with Crippen molar-refractivity contribution in [3.05, 3.63) is 32.3 Å². The van der Waals surface area contributed by atoms with E-state index in [-0.39, 0.29) is 16.9 Å². The van der Waals surface area contributed by atoms with Gasteiger partial charge < -0.3 is 10.8 Å². The van der Waals surface area contributed by atoms with E-state index in [1.165, 1.54) is 0 Å². The van der Waals surface area contributed by atoms with Gasteiger partial charge in [-0.3, -0.25) is 10.1 Å². The second-order valence-electron chi connectivity index (χ2n) is 3.14. The zero-order valence-electron chi connectivity index (χ0n) is 8.44. The van der Waals surface area contributed by atoms with Crippen molar-refractivity contribution in [2.45, 2.75) is 12.2 Å². The highest BCUT2D eigenvalue weighted by atomic mass is 79.9. The highest BCUT2D eigenvalue weighted by Gasteiger charge is 2.40. The van der Waals surface area contributed by atoms with E-state index in [9.17, 15) is 28.4 Å². The van der Waals surface area contributed by atoms with Crippen molar-refractivity contribution in [3.8, 4) is 5.75 Å². The summed E-state index contributed by atoms with van der Waals surface area (Å²) in [5.74, 6) is -1.08. The molecule has 0 spiro atoms. The van der Waals surface area contributed by atoms with Gasteiger partial charge in [-0.05, 0) is 6.07 Å². The highest BCUT2D eigenvalue weighted by Crippen LogP contribution is 2.41. The number of nitro groups is 1. The fourth-order valence-electron chi connectivity index (χ4n) is 1.16. The molecule has 1 aromatic carbocycles. The van der Waals surface area contributed by atoms with Crippen LogP contribution in [0.2, 0.25) is 0 Å². The lowest BCUT2D eigenvalue weighted by molar-refractivity contribution is -0.386. The standard InChI is InChI=1S/C8H6BrF3N2O3.ClH/c9-3-1-4(7(13)8(10,11)12)6(15)5(2-3)14(16)17;/h1-2,7,15H,13H2;1H/t7-;/m1./s1. The molecule has 5 nitrogen and oxygen atoms in total. The average molecular weight is 352 g/mol. The lowest BCUT2D eigenvalue weighted by Crippen LogP contribution is -2.28. The van der Waals surface area contributed by atoms with Crippen LogP contribution < -0.4 is 5.73 Å². The predicted molar refractivity (Wildman–Crippen MR) is 62.7 cm³/mol. The van der Waals surface area contributed by atoms with Gasteiger partial charge in [0.2, 0.25) is 0 Å². The van der Waals surface area contributed by atoms with Crippen molar-refractivity contribution in [2.24, 2.45) is 5.73 Å². The van der Waals surface area contributed by atoms with Crippen LogP contribution in [0, 0.1) is 10.1 Å². The molecule has 18 heavy (non-hydrogen) atoms.